The lowest BCUT2D eigenvalue weighted by Gasteiger charge is -2.27. The first-order valence-electron chi connectivity index (χ1n) is 8.66. The van der Waals surface area contributed by atoms with Gasteiger partial charge in [0.25, 0.3) is 0 Å². The van der Waals surface area contributed by atoms with Gasteiger partial charge < -0.3 is 15.0 Å². The van der Waals surface area contributed by atoms with Crippen molar-refractivity contribution in [2.24, 2.45) is 5.41 Å². The molecule has 1 atom stereocenters. The van der Waals surface area contributed by atoms with E-state index in [2.05, 4.69) is 16.4 Å². The van der Waals surface area contributed by atoms with Crippen molar-refractivity contribution in [1.29, 1.82) is 0 Å². The van der Waals surface area contributed by atoms with Gasteiger partial charge in [-0.15, -0.1) is 0 Å². The van der Waals surface area contributed by atoms with Crippen molar-refractivity contribution in [1.82, 2.24) is 10.3 Å². The minimum Gasteiger partial charge on any atom is -0.497 e. The molecule has 0 amide bonds. The molecule has 1 fully saturated rings. The van der Waals surface area contributed by atoms with Crippen LogP contribution in [-0.4, -0.2) is 31.0 Å². The quantitative estimate of drug-likeness (QED) is 0.701. The minimum atomic E-state index is -0.393. The number of hydrogen-bond acceptors (Lipinski definition) is 3. The summed E-state index contributed by atoms with van der Waals surface area (Å²) in [5.74, 6) is 1.06. The van der Waals surface area contributed by atoms with Gasteiger partial charge in [-0.2, -0.15) is 0 Å². The first-order chi connectivity index (χ1) is 12.2. The molecule has 0 bridgehead atoms. The van der Waals surface area contributed by atoms with Gasteiger partial charge in [0.05, 0.1) is 12.5 Å². The molecular formula is C21H22N2O2. The molecule has 0 spiro atoms. The zero-order valence-corrected chi connectivity index (χ0v) is 14.3. The minimum absolute atomic E-state index is 0.225. The van der Waals surface area contributed by atoms with Crippen molar-refractivity contribution < 1.29 is 9.53 Å². The van der Waals surface area contributed by atoms with E-state index in [1.54, 1.807) is 7.11 Å². The number of benzene rings is 2. The van der Waals surface area contributed by atoms with Crippen LogP contribution in [0.25, 0.3) is 10.9 Å². The monoisotopic (exact) mass is 334 g/mol. The van der Waals surface area contributed by atoms with E-state index in [1.165, 1.54) is 0 Å². The first-order valence-corrected chi connectivity index (χ1v) is 8.66. The summed E-state index contributed by atoms with van der Waals surface area (Å²) >= 11 is 0. The molecule has 2 heterocycles. The van der Waals surface area contributed by atoms with Crippen molar-refractivity contribution in [3.05, 3.63) is 65.9 Å². The van der Waals surface area contributed by atoms with Crippen LogP contribution in [0.5, 0.6) is 5.75 Å². The summed E-state index contributed by atoms with van der Waals surface area (Å²) in [4.78, 5) is 16.6. The highest BCUT2D eigenvalue weighted by Gasteiger charge is 2.41. The van der Waals surface area contributed by atoms with E-state index < -0.39 is 5.41 Å². The summed E-state index contributed by atoms with van der Waals surface area (Å²) in [6.07, 6.45) is 3.48. The highest BCUT2D eigenvalue weighted by atomic mass is 16.5. The van der Waals surface area contributed by atoms with Crippen LogP contribution in [0, 0.1) is 5.41 Å². The van der Waals surface area contributed by atoms with Crippen molar-refractivity contribution in [3.63, 3.8) is 0 Å². The molecule has 0 saturated carbocycles. The van der Waals surface area contributed by atoms with Crippen LogP contribution in [0.15, 0.2) is 54.7 Å². The Morgan fingerprint density at radius 1 is 1.20 bits per heavy atom. The molecule has 1 aliphatic rings. The van der Waals surface area contributed by atoms with Crippen molar-refractivity contribution in [2.45, 2.75) is 12.8 Å². The Hall–Kier alpha value is -2.59. The smallest absolute Gasteiger partial charge is 0.170 e. The van der Waals surface area contributed by atoms with Crippen molar-refractivity contribution in [2.75, 3.05) is 20.2 Å². The maximum Gasteiger partial charge on any atom is 0.170 e. The number of hydrogen-bond donors (Lipinski definition) is 2. The van der Waals surface area contributed by atoms with Gasteiger partial charge in [0, 0.05) is 29.2 Å². The highest BCUT2D eigenvalue weighted by Crippen LogP contribution is 2.35. The number of carbonyl (C=O) groups is 1. The highest BCUT2D eigenvalue weighted by molar-refractivity contribution is 6.03. The number of H-pyrrole nitrogens is 1. The lowest BCUT2D eigenvalue weighted by atomic mass is 9.74. The van der Waals surface area contributed by atoms with E-state index in [4.69, 9.17) is 4.74 Å². The molecule has 25 heavy (non-hydrogen) atoms. The first kappa shape index (κ1) is 15.9. The molecular weight excluding hydrogens is 312 g/mol. The summed E-state index contributed by atoms with van der Waals surface area (Å²) < 4.78 is 5.33. The lowest BCUT2D eigenvalue weighted by Crippen LogP contribution is -2.36. The van der Waals surface area contributed by atoms with Gasteiger partial charge in [-0.05, 0) is 61.3 Å². The fourth-order valence-corrected chi connectivity index (χ4v) is 3.84. The average Bonchev–Trinajstić information content (AvgIpc) is 3.30. The number of rotatable bonds is 5. The van der Waals surface area contributed by atoms with Crippen LogP contribution in [0.3, 0.4) is 0 Å². The summed E-state index contributed by atoms with van der Waals surface area (Å²) in [6, 6.07) is 16.0. The van der Waals surface area contributed by atoms with E-state index in [1.807, 2.05) is 48.7 Å². The van der Waals surface area contributed by atoms with Gasteiger partial charge in [0.1, 0.15) is 5.75 Å². The lowest BCUT2D eigenvalue weighted by molar-refractivity contribution is 0.0816. The second-order valence-electron chi connectivity index (χ2n) is 6.84. The Balaban J connectivity index is 1.68. The number of methoxy groups -OCH3 is 1. The summed E-state index contributed by atoms with van der Waals surface area (Å²) in [6.45, 7) is 1.59. The zero-order chi connectivity index (χ0) is 17.3. The molecule has 1 unspecified atom stereocenters. The molecule has 2 aromatic carbocycles. The Morgan fingerprint density at radius 2 is 2.12 bits per heavy atom. The molecule has 3 aromatic rings. The van der Waals surface area contributed by atoms with E-state index in [0.29, 0.717) is 6.54 Å². The molecule has 1 aromatic heterocycles. The van der Waals surface area contributed by atoms with E-state index in [0.717, 1.165) is 47.2 Å². The summed E-state index contributed by atoms with van der Waals surface area (Å²) in [7, 11) is 1.67. The second-order valence-corrected chi connectivity index (χ2v) is 6.84. The fraction of sp³-hybridized carbons (Fsp3) is 0.286. The van der Waals surface area contributed by atoms with Gasteiger partial charge in [-0.1, -0.05) is 12.1 Å². The number of aromatic amines is 1. The van der Waals surface area contributed by atoms with Crippen LogP contribution in [0.1, 0.15) is 22.3 Å². The van der Waals surface area contributed by atoms with Crippen LogP contribution < -0.4 is 10.1 Å². The number of carbonyl (C=O) groups excluding carboxylic acids is 1. The fourth-order valence-electron chi connectivity index (χ4n) is 3.84. The van der Waals surface area contributed by atoms with Crippen LogP contribution >= 0.6 is 0 Å². The largest absolute Gasteiger partial charge is 0.497 e. The standard InChI is InChI=1S/C21H22N2O2/c1-25-18-4-2-3-15(11-18)13-21(8-10-22-14-21)20(24)17-5-6-19-16(12-17)7-9-23-19/h2-7,9,11-12,22-23H,8,10,13-14H2,1H3. The Morgan fingerprint density at radius 3 is 2.92 bits per heavy atom. The predicted molar refractivity (Wildman–Crippen MR) is 99.2 cm³/mol. The van der Waals surface area contributed by atoms with Crippen LogP contribution in [0.4, 0.5) is 0 Å². The third kappa shape index (κ3) is 2.94. The number of ether oxygens (including phenoxy) is 1. The number of nitrogens with one attached hydrogen (secondary N) is 2. The SMILES string of the molecule is COc1cccc(CC2(C(=O)c3ccc4[nH]ccc4c3)CCNC2)c1. The summed E-state index contributed by atoms with van der Waals surface area (Å²) in [5.41, 5.74) is 2.59. The molecule has 0 radical (unpaired) electrons. The van der Waals surface area contributed by atoms with Gasteiger partial charge >= 0.3 is 0 Å². The van der Waals surface area contributed by atoms with Crippen LogP contribution in [-0.2, 0) is 6.42 Å². The molecule has 128 valence electrons. The average molecular weight is 334 g/mol. The third-order valence-corrected chi connectivity index (χ3v) is 5.22. The molecule has 4 heteroatoms. The molecule has 4 nitrogen and oxygen atoms in total. The Kier molecular flexibility index (Phi) is 4.06. The Bertz CT molecular complexity index is 907. The number of ketones is 1. The van der Waals surface area contributed by atoms with E-state index in [9.17, 15) is 4.79 Å². The normalized spacial score (nSPS) is 20.0. The Labute approximate surface area is 147 Å². The predicted octanol–water partition coefficient (Wildman–Crippen LogP) is 3.58. The zero-order valence-electron chi connectivity index (χ0n) is 14.3. The summed E-state index contributed by atoms with van der Waals surface area (Å²) in [5, 5.41) is 4.46. The maximum absolute atomic E-state index is 13.4. The molecule has 2 N–H and O–H groups in total. The number of aromatic nitrogens is 1. The molecule has 0 aliphatic carbocycles. The van der Waals surface area contributed by atoms with Gasteiger partial charge in [0.2, 0.25) is 0 Å². The van der Waals surface area contributed by atoms with Crippen LogP contribution in [0.2, 0.25) is 0 Å². The van der Waals surface area contributed by atoms with E-state index in [-0.39, 0.29) is 5.78 Å². The molecule has 1 aliphatic heterocycles. The number of fused-ring (bicyclic) bond motifs is 1. The van der Waals surface area contributed by atoms with E-state index >= 15 is 0 Å². The number of Topliss-reactive ketones (excluding diaryl/α,β-unsaturated/α-hetero) is 1. The van der Waals surface area contributed by atoms with Crippen molar-refractivity contribution >= 4 is 16.7 Å². The maximum atomic E-state index is 13.4. The molecule has 1 saturated heterocycles. The van der Waals surface area contributed by atoms with Crippen molar-refractivity contribution in [3.8, 4) is 5.75 Å². The topological polar surface area (TPSA) is 54.1 Å². The van der Waals surface area contributed by atoms with Gasteiger partial charge in [-0.25, -0.2) is 0 Å². The third-order valence-electron chi connectivity index (χ3n) is 5.22. The second kappa shape index (κ2) is 6.37. The van der Waals surface area contributed by atoms with Gasteiger partial charge in [-0.3, -0.25) is 4.79 Å². The molecule has 4 rings (SSSR count). The van der Waals surface area contributed by atoms with Gasteiger partial charge in [0.15, 0.2) is 5.78 Å².